The van der Waals surface area contributed by atoms with E-state index < -0.39 is 28.5 Å². The molecule has 1 unspecified atom stereocenters. The van der Waals surface area contributed by atoms with Crippen molar-refractivity contribution in [1.29, 1.82) is 0 Å². The van der Waals surface area contributed by atoms with E-state index in [0.717, 1.165) is 52.7 Å². The van der Waals surface area contributed by atoms with Crippen molar-refractivity contribution < 1.29 is 18.0 Å². The van der Waals surface area contributed by atoms with E-state index in [1.165, 1.54) is 17.0 Å². The van der Waals surface area contributed by atoms with E-state index in [1.54, 1.807) is 13.0 Å². The summed E-state index contributed by atoms with van der Waals surface area (Å²) in [6.07, 6.45) is 6.09. The molecular formula is C25H30BrCl2N3O4S. The summed E-state index contributed by atoms with van der Waals surface area (Å²) in [6, 6.07) is 11.2. The molecule has 11 heteroatoms. The van der Waals surface area contributed by atoms with E-state index in [2.05, 4.69) is 21.2 Å². The van der Waals surface area contributed by atoms with Crippen LogP contribution in [0.5, 0.6) is 0 Å². The van der Waals surface area contributed by atoms with Gasteiger partial charge < -0.3 is 10.2 Å². The highest BCUT2D eigenvalue weighted by atomic mass is 79.9. The third-order valence-corrected chi connectivity index (χ3v) is 8.67. The molecule has 0 spiro atoms. The number of carbonyl (C=O) groups is 2. The van der Waals surface area contributed by atoms with Gasteiger partial charge in [0.1, 0.15) is 12.6 Å². The highest BCUT2D eigenvalue weighted by Crippen LogP contribution is 2.33. The SMILES string of the molecule is CC(C(=O)NC1CCCCC1)N(Cc1cccc(Br)c1)C(=O)CN(c1cccc(Cl)c1Cl)S(C)(=O)=O. The van der Waals surface area contributed by atoms with Crippen molar-refractivity contribution in [2.45, 2.75) is 57.7 Å². The van der Waals surface area contributed by atoms with Crippen molar-refractivity contribution in [3.05, 3.63) is 62.5 Å². The fraction of sp³-hybridized carbons (Fsp3) is 0.440. The molecule has 1 atom stereocenters. The molecule has 1 aliphatic rings. The zero-order valence-electron chi connectivity index (χ0n) is 20.2. The van der Waals surface area contributed by atoms with E-state index in [0.29, 0.717) is 0 Å². The molecule has 196 valence electrons. The van der Waals surface area contributed by atoms with E-state index in [1.807, 2.05) is 24.3 Å². The molecule has 36 heavy (non-hydrogen) atoms. The van der Waals surface area contributed by atoms with Crippen molar-refractivity contribution in [1.82, 2.24) is 10.2 Å². The number of carbonyl (C=O) groups excluding carboxylic acids is 2. The number of sulfonamides is 1. The van der Waals surface area contributed by atoms with E-state index >= 15 is 0 Å². The number of rotatable bonds is 9. The van der Waals surface area contributed by atoms with Crippen molar-refractivity contribution in [3.63, 3.8) is 0 Å². The molecule has 0 aromatic heterocycles. The quantitative estimate of drug-likeness (QED) is 0.408. The second-order valence-corrected chi connectivity index (χ2v) is 12.6. The smallest absolute Gasteiger partial charge is 0.244 e. The summed E-state index contributed by atoms with van der Waals surface area (Å²) in [5, 5.41) is 3.27. The Morgan fingerprint density at radius 2 is 1.78 bits per heavy atom. The summed E-state index contributed by atoms with van der Waals surface area (Å²) in [7, 11) is -3.90. The Bertz CT molecular complexity index is 1210. The minimum atomic E-state index is -3.90. The number of nitrogens with one attached hydrogen (secondary N) is 1. The van der Waals surface area contributed by atoms with Gasteiger partial charge in [-0.2, -0.15) is 0 Å². The van der Waals surface area contributed by atoms with Crippen LogP contribution in [0.3, 0.4) is 0 Å². The minimum Gasteiger partial charge on any atom is -0.352 e. The van der Waals surface area contributed by atoms with Crippen LogP contribution < -0.4 is 9.62 Å². The Balaban J connectivity index is 1.90. The van der Waals surface area contributed by atoms with Crippen LogP contribution in [-0.4, -0.2) is 50.0 Å². The Morgan fingerprint density at radius 1 is 1.11 bits per heavy atom. The predicted octanol–water partition coefficient (Wildman–Crippen LogP) is 5.39. The predicted molar refractivity (Wildman–Crippen MR) is 148 cm³/mol. The number of nitrogens with zero attached hydrogens (tertiary/aromatic N) is 2. The van der Waals surface area contributed by atoms with Crippen LogP contribution in [0, 0.1) is 0 Å². The molecule has 1 fully saturated rings. The maximum absolute atomic E-state index is 13.6. The summed E-state index contributed by atoms with van der Waals surface area (Å²) in [6.45, 7) is 1.25. The number of amides is 2. The molecule has 1 aliphatic carbocycles. The molecule has 1 saturated carbocycles. The van der Waals surface area contributed by atoms with Crippen molar-refractivity contribution in [2.75, 3.05) is 17.1 Å². The van der Waals surface area contributed by atoms with Gasteiger partial charge in [0.05, 0.1) is 22.0 Å². The van der Waals surface area contributed by atoms with Gasteiger partial charge >= 0.3 is 0 Å². The van der Waals surface area contributed by atoms with Gasteiger partial charge in [0, 0.05) is 17.1 Å². The fourth-order valence-corrected chi connectivity index (χ4v) is 6.01. The normalized spacial score (nSPS) is 15.2. The molecule has 2 amide bonds. The van der Waals surface area contributed by atoms with Gasteiger partial charge in [0.15, 0.2) is 0 Å². The van der Waals surface area contributed by atoms with Gasteiger partial charge in [0.25, 0.3) is 0 Å². The fourth-order valence-electron chi connectivity index (χ4n) is 4.26. The largest absolute Gasteiger partial charge is 0.352 e. The molecule has 7 nitrogen and oxygen atoms in total. The first-order valence-corrected chi connectivity index (χ1v) is 15.1. The van der Waals surface area contributed by atoms with E-state index in [9.17, 15) is 18.0 Å². The summed E-state index contributed by atoms with van der Waals surface area (Å²) < 4.78 is 27.1. The molecule has 0 aliphatic heterocycles. The van der Waals surface area contributed by atoms with Crippen LogP contribution in [0.1, 0.15) is 44.6 Å². The topological polar surface area (TPSA) is 86.8 Å². The Hall–Kier alpha value is -1.81. The standard InChI is InChI=1S/C25H30BrCl2N3O4S/c1-17(25(33)29-20-10-4-3-5-11-20)30(15-18-8-6-9-19(26)14-18)23(32)16-31(36(2,34)35)22-13-7-12-21(27)24(22)28/h6-9,12-14,17,20H,3-5,10-11,15-16H2,1-2H3,(H,29,33). The van der Waals surface area contributed by atoms with Crippen LogP contribution in [0.4, 0.5) is 5.69 Å². The van der Waals surface area contributed by atoms with Crippen LogP contribution >= 0.6 is 39.1 Å². The lowest BCUT2D eigenvalue weighted by Gasteiger charge is -2.33. The molecular weight excluding hydrogens is 589 g/mol. The summed E-state index contributed by atoms with van der Waals surface area (Å²) in [4.78, 5) is 28.2. The molecule has 1 N–H and O–H groups in total. The molecule has 0 bridgehead atoms. The van der Waals surface area contributed by atoms with Gasteiger partial charge in [-0.15, -0.1) is 0 Å². The van der Waals surface area contributed by atoms with Crippen LogP contribution in [0.25, 0.3) is 0 Å². The Kier molecular flexibility index (Phi) is 10.1. The molecule has 0 saturated heterocycles. The lowest BCUT2D eigenvalue weighted by Crippen LogP contribution is -2.53. The molecule has 2 aromatic carbocycles. The number of anilines is 1. The highest BCUT2D eigenvalue weighted by Gasteiger charge is 2.32. The minimum absolute atomic E-state index is 0.0269. The van der Waals surface area contributed by atoms with Gasteiger partial charge in [-0.3, -0.25) is 13.9 Å². The average molecular weight is 619 g/mol. The Morgan fingerprint density at radius 3 is 2.42 bits per heavy atom. The van der Waals surface area contributed by atoms with Crippen molar-refractivity contribution >= 4 is 66.7 Å². The Labute approximate surface area is 231 Å². The maximum Gasteiger partial charge on any atom is 0.244 e. The highest BCUT2D eigenvalue weighted by molar-refractivity contribution is 9.10. The molecule has 2 aromatic rings. The first-order chi connectivity index (χ1) is 17.0. The zero-order valence-corrected chi connectivity index (χ0v) is 24.1. The summed E-state index contributed by atoms with van der Waals surface area (Å²) >= 11 is 15.8. The van der Waals surface area contributed by atoms with Crippen molar-refractivity contribution in [3.8, 4) is 0 Å². The second-order valence-electron chi connectivity index (χ2n) is 9.01. The number of hydrogen-bond acceptors (Lipinski definition) is 4. The van der Waals surface area contributed by atoms with Gasteiger partial charge in [0.2, 0.25) is 21.8 Å². The summed E-state index contributed by atoms with van der Waals surface area (Å²) in [5.41, 5.74) is 0.892. The van der Waals surface area contributed by atoms with Gasteiger partial charge in [-0.25, -0.2) is 8.42 Å². The first-order valence-electron chi connectivity index (χ1n) is 11.7. The third-order valence-electron chi connectivity index (χ3n) is 6.24. The van der Waals surface area contributed by atoms with Crippen LogP contribution in [0.2, 0.25) is 10.0 Å². The molecule has 3 rings (SSSR count). The van der Waals surface area contributed by atoms with Crippen LogP contribution in [0.15, 0.2) is 46.9 Å². The van der Waals surface area contributed by atoms with Crippen LogP contribution in [-0.2, 0) is 26.2 Å². The molecule has 0 heterocycles. The lowest BCUT2D eigenvalue weighted by atomic mass is 9.95. The lowest BCUT2D eigenvalue weighted by molar-refractivity contribution is -0.139. The van der Waals surface area contributed by atoms with Crippen molar-refractivity contribution in [2.24, 2.45) is 0 Å². The maximum atomic E-state index is 13.6. The van der Waals surface area contributed by atoms with Gasteiger partial charge in [-0.05, 0) is 49.6 Å². The average Bonchev–Trinajstić information content (AvgIpc) is 2.82. The van der Waals surface area contributed by atoms with E-state index in [-0.39, 0.29) is 34.2 Å². The number of benzene rings is 2. The monoisotopic (exact) mass is 617 g/mol. The number of halogens is 3. The number of hydrogen-bond donors (Lipinski definition) is 1. The summed E-state index contributed by atoms with van der Waals surface area (Å²) in [5.74, 6) is -0.806. The molecule has 0 radical (unpaired) electrons. The first kappa shape index (κ1) is 28.8. The van der Waals surface area contributed by atoms with E-state index in [4.69, 9.17) is 23.2 Å². The third kappa shape index (κ3) is 7.60. The second kappa shape index (κ2) is 12.6. The van der Waals surface area contributed by atoms with Gasteiger partial charge in [-0.1, -0.05) is 76.6 Å². The zero-order chi connectivity index (χ0) is 26.5.